The maximum Gasteiger partial charge on any atom is 0.549 e. The van der Waals surface area contributed by atoms with E-state index in [0.29, 0.717) is 25.3 Å². The summed E-state index contributed by atoms with van der Waals surface area (Å²) in [6, 6.07) is 13.2. The van der Waals surface area contributed by atoms with Crippen LogP contribution in [0.25, 0.3) is 11.3 Å². The molecule has 0 aliphatic carbocycles. The minimum Gasteiger partial charge on any atom is -0.610 e. The molecule has 1 aromatic carbocycles. The average molecular weight is 510 g/mol. The van der Waals surface area contributed by atoms with E-state index in [1.165, 1.54) is 6.92 Å². The van der Waals surface area contributed by atoms with E-state index < -0.39 is 36.6 Å². The molecule has 10 nitrogen and oxygen atoms in total. The molecule has 0 radical (unpaired) electrons. The van der Waals surface area contributed by atoms with Crippen LogP contribution in [0.15, 0.2) is 48.5 Å². The lowest BCUT2D eigenvalue weighted by Crippen LogP contribution is -2.72. The fraction of sp³-hybridized carbons (Fsp3) is 0.462. The van der Waals surface area contributed by atoms with Gasteiger partial charge in [0.15, 0.2) is 0 Å². The molecule has 3 N–H and O–H groups in total. The Kier molecular flexibility index (Phi) is 7.68. The zero-order chi connectivity index (χ0) is 26.8. The van der Waals surface area contributed by atoms with Gasteiger partial charge in [0.05, 0.1) is 24.9 Å². The SMILES string of the molecule is CC(C)C[C@H](NC(=O)[C@@H](NC(=O)c1cccc(-c2ccccc2)n1)[C@@H](C)O)[B-]12OCC[N+]1(C)CC(=O)O2. The van der Waals surface area contributed by atoms with Gasteiger partial charge in [-0.1, -0.05) is 56.7 Å². The monoisotopic (exact) mass is 510 g/mol. The van der Waals surface area contributed by atoms with Crippen LogP contribution in [0.1, 0.15) is 37.7 Å². The van der Waals surface area contributed by atoms with Gasteiger partial charge in [-0.2, -0.15) is 0 Å². The van der Waals surface area contributed by atoms with E-state index in [1.807, 2.05) is 51.2 Å². The molecule has 2 unspecified atom stereocenters. The molecule has 2 aliphatic rings. The van der Waals surface area contributed by atoms with Gasteiger partial charge in [-0.05, 0) is 25.0 Å². The second kappa shape index (κ2) is 10.6. The number of pyridine rings is 1. The molecule has 0 spiro atoms. The standard InChI is InChI=1S/C26H35BN4O6/c1-17(2)15-22(27-31(4,13-14-36-27)16-23(33)37-27)29-26(35)24(18(3)32)30-25(34)21-12-8-11-20(28-21)19-9-6-5-7-10-19/h5-12,17-18,22,24,32H,13-16H2,1-4H3,(H,29,35)(H,30,34)/t18-,22+,24+,27?,31?/m1/s1. The predicted octanol–water partition coefficient (Wildman–Crippen LogP) is 1.27. The molecule has 4 rings (SSSR count). The number of aliphatic hydroxyl groups is 1. The Morgan fingerprint density at radius 3 is 2.51 bits per heavy atom. The van der Waals surface area contributed by atoms with Crippen LogP contribution in [-0.4, -0.2) is 83.8 Å². The number of fused-ring (bicyclic) bond motifs is 1. The van der Waals surface area contributed by atoms with Crippen molar-refractivity contribution < 1.29 is 33.2 Å². The lowest BCUT2D eigenvalue weighted by Gasteiger charge is -2.46. The van der Waals surface area contributed by atoms with Crippen LogP contribution < -0.4 is 10.6 Å². The lowest BCUT2D eigenvalue weighted by molar-refractivity contribution is -0.798. The number of nitrogens with zero attached hydrogens (tertiary/aromatic N) is 2. The van der Waals surface area contributed by atoms with Crippen LogP contribution in [0.2, 0.25) is 0 Å². The Hall–Kier alpha value is -3.28. The first-order valence-corrected chi connectivity index (χ1v) is 12.7. The Morgan fingerprint density at radius 1 is 1.11 bits per heavy atom. The summed E-state index contributed by atoms with van der Waals surface area (Å²) in [6.07, 6.45) is -0.698. The Bertz CT molecular complexity index is 1160. The number of carbonyl (C=O) groups excluding carboxylic acids is 3. The number of aromatic nitrogens is 1. The third-order valence-corrected chi connectivity index (χ3v) is 7.28. The molecule has 2 aliphatic heterocycles. The van der Waals surface area contributed by atoms with E-state index in [2.05, 4.69) is 15.6 Å². The minimum absolute atomic E-state index is 0.120. The second-order valence-electron chi connectivity index (χ2n) is 10.7. The van der Waals surface area contributed by atoms with Crippen molar-refractivity contribution in [3.63, 3.8) is 0 Å². The molecule has 37 heavy (non-hydrogen) atoms. The molecule has 2 amide bonds. The van der Waals surface area contributed by atoms with Crippen LogP contribution in [0.3, 0.4) is 0 Å². The quantitative estimate of drug-likeness (QED) is 0.434. The summed E-state index contributed by atoms with van der Waals surface area (Å²) < 4.78 is 12.1. The number of amides is 2. The molecule has 5 atom stereocenters. The molecule has 2 fully saturated rings. The molecule has 0 bridgehead atoms. The third-order valence-electron chi connectivity index (χ3n) is 7.28. The Labute approximate surface area is 216 Å². The van der Waals surface area contributed by atoms with Crippen molar-refractivity contribution in [3.05, 3.63) is 54.2 Å². The van der Waals surface area contributed by atoms with Gasteiger partial charge in [0.2, 0.25) is 5.91 Å². The summed E-state index contributed by atoms with van der Waals surface area (Å²) >= 11 is 0. The number of likely N-dealkylation sites (N-methyl/N-ethyl adjacent to an activating group) is 1. The largest absolute Gasteiger partial charge is 0.610 e. The number of carbonyl (C=O) groups is 3. The lowest BCUT2D eigenvalue weighted by atomic mass is 9.57. The van der Waals surface area contributed by atoms with Gasteiger partial charge >= 0.3 is 12.7 Å². The third kappa shape index (κ3) is 5.39. The van der Waals surface area contributed by atoms with Crippen LogP contribution >= 0.6 is 0 Å². The van der Waals surface area contributed by atoms with E-state index in [-0.39, 0.29) is 28.5 Å². The van der Waals surface area contributed by atoms with Crippen molar-refractivity contribution in [2.24, 2.45) is 5.92 Å². The van der Waals surface area contributed by atoms with Gasteiger partial charge in [-0.3, -0.25) is 14.4 Å². The molecule has 0 saturated carbocycles. The highest BCUT2D eigenvalue weighted by molar-refractivity contribution is 6.65. The zero-order valence-corrected chi connectivity index (χ0v) is 21.7. The predicted molar refractivity (Wildman–Crippen MR) is 138 cm³/mol. The van der Waals surface area contributed by atoms with Crippen molar-refractivity contribution in [2.75, 3.05) is 26.7 Å². The van der Waals surface area contributed by atoms with Gasteiger partial charge in [0.1, 0.15) is 18.3 Å². The number of quaternary nitrogens is 1. The minimum atomic E-state index is -2.19. The highest BCUT2D eigenvalue weighted by Gasteiger charge is 2.65. The number of aliphatic hydroxyl groups excluding tert-OH is 1. The molecular weight excluding hydrogens is 475 g/mol. The topological polar surface area (TPSA) is 127 Å². The summed E-state index contributed by atoms with van der Waals surface area (Å²) in [5.41, 5.74) is 1.59. The smallest absolute Gasteiger partial charge is 0.549 e. The summed E-state index contributed by atoms with van der Waals surface area (Å²) in [4.78, 5) is 43.3. The maximum absolute atomic E-state index is 13.5. The zero-order valence-electron chi connectivity index (χ0n) is 21.7. The first-order valence-electron chi connectivity index (χ1n) is 12.7. The Morgan fingerprint density at radius 2 is 1.84 bits per heavy atom. The van der Waals surface area contributed by atoms with Crippen molar-refractivity contribution in [2.45, 2.75) is 45.3 Å². The number of hydrogen-bond acceptors (Lipinski definition) is 7. The number of rotatable bonds is 9. The highest BCUT2D eigenvalue weighted by atomic mass is 16.7. The van der Waals surface area contributed by atoms with Gasteiger partial charge < -0.3 is 29.4 Å². The Balaban J connectivity index is 1.54. The van der Waals surface area contributed by atoms with E-state index in [4.69, 9.17) is 9.31 Å². The number of benzene rings is 1. The average Bonchev–Trinajstić information content (AvgIpc) is 3.30. The first kappa shape index (κ1) is 26.8. The summed E-state index contributed by atoms with van der Waals surface area (Å²) in [6.45, 7) is 4.42. The van der Waals surface area contributed by atoms with Gasteiger partial charge in [-0.25, -0.2) is 4.98 Å². The van der Waals surface area contributed by atoms with Gasteiger partial charge in [0.25, 0.3) is 5.91 Å². The summed E-state index contributed by atoms with van der Waals surface area (Å²) in [5, 5.41) is 16.0. The molecular formula is C26H35BN4O6. The first-order chi connectivity index (χ1) is 17.5. The maximum atomic E-state index is 13.5. The van der Waals surface area contributed by atoms with Crippen molar-refractivity contribution in [1.82, 2.24) is 15.6 Å². The molecule has 198 valence electrons. The fourth-order valence-electron chi connectivity index (χ4n) is 5.38. The fourth-order valence-corrected chi connectivity index (χ4v) is 5.38. The molecule has 11 heteroatoms. The van der Waals surface area contributed by atoms with Gasteiger partial charge in [0, 0.05) is 18.6 Å². The van der Waals surface area contributed by atoms with Crippen LogP contribution in [0, 0.1) is 5.92 Å². The summed E-state index contributed by atoms with van der Waals surface area (Å²) in [7, 11) is 1.90. The van der Waals surface area contributed by atoms with Crippen molar-refractivity contribution in [3.8, 4) is 11.3 Å². The van der Waals surface area contributed by atoms with E-state index in [0.717, 1.165) is 5.56 Å². The normalized spacial score (nSPS) is 25.2. The van der Waals surface area contributed by atoms with Crippen LogP contribution in [0.5, 0.6) is 0 Å². The van der Waals surface area contributed by atoms with Crippen LogP contribution in [-0.2, 0) is 18.9 Å². The van der Waals surface area contributed by atoms with Crippen molar-refractivity contribution in [1.29, 1.82) is 0 Å². The second-order valence-corrected chi connectivity index (χ2v) is 10.7. The molecule has 1 aromatic heterocycles. The number of hydrogen-bond donors (Lipinski definition) is 3. The van der Waals surface area contributed by atoms with Crippen LogP contribution in [0.4, 0.5) is 0 Å². The summed E-state index contributed by atoms with van der Waals surface area (Å²) in [5.74, 6) is -2.01. The highest BCUT2D eigenvalue weighted by Crippen LogP contribution is 2.37. The molecule has 2 saturated heterocycles. The molecule has 2 aromatic rings. The van der Waals surface area contributed by atoms with E-state index >= 15 is 0 Å². The van der Waals surface area contributed by atoms with E-state index in [1.54, 1.807) is 18.2 Å². The van der Waals surface area contributed by atoms with Gasteiger partial charge in [-0.15, -0.1) is 0 Å². The van der Waals surface area contributed by atoms with E-state index in [9.17, 15) is 19.5 Å². The molecule has 3 heterocycles. The number of nitrogens with one attached hydrogen (secondary N) is 2. The van der Waals surface area contributed by atoms with Crippen molar-refractivity contribution >= 4 is 24.5 Å².